The molecule has 3 rings (SSSR count). The van der Waals surface area contributed by atoms with E-state index in [0.717, 1.165) is 5.56 Å². The maximum Gasteiger partial charge on any atom is 0.249 e. The van der Waals surface area contributed by atoms with Crippen LogP contribution in [0.5, 0.6) is 5.75 Å². The van der Waals surface area contributed by atoms with E-state index in [1.54, 1.807) is 24.4 Å². The highest BCUT2D eigenvalue weighted by Crippen LogP contribution is 2.28. The first kappa shape index (κ1) is 11.2. The van der Waals surface area contributed by atoms with Gasteiger partial charge in [0.2, 0.25) is 12.2 Å². The molecular weight excluding hydrogens is 244 g/mol. The SMILES string of the molecule is NC(=O)c1ccn2n[c]nc2c1-c1ccc(O)cc1. The monoisotopic (exact) mass is 253 g/mol. The van der Waals surface area contributed by atoms with Crippen molar-refractivity contribution < 1.29 is 9.90 Å². The van der Waals surface area contributed by atoms with E-state index < -0.39 is 5.91 Å². The van der Waals surface area contributed by atoms with Crippen LogP contribution in [0, 0.1) is 6.33 Å². The van der Waals surface area contributed by atoms with Gasteiger partial charge in [-0.3, -0.25) is 4.79 Å². The van der Waals surface area contributed by atoms with Gasteiger partial charge in [-0.15, -0.1) is 5.10 Å². The minimum absolute atomic E-state index is 0.143. The number of nitrogens with two attached hydrogens (primary N) is 1. The highest BCUT2D eigenvalue weighted by molar-refractivity contribution is 6.03. The molecule has 6 heteroatoms. The molecule has 0 aliphatic rings. The molecule has 0 atom stereocenters. The number of carbonyl (C=O) groups excluding carboxylic acids is 1. The fourth-order valence-electron chi connectivity index (χ4n) is 1.96. The van der Waals surface area contributed by atoms with Gasteiger partial charge in [-0.05, 0) is 23.8 Å². The van der Waals surface area contributed by atoms with Crippen molar-refractivity contribution in [2.75, 3.05) is 0 Å². The van der Waals surface area contributed by atoms with Crippen LogP contribution in [-0.4, -0.2) is 25.6 Å². The van der Waals surface area contributed by atoms with Gasteiger partial charge >= 0.3 is 0 Å². The molecular formula is C13H9N4O2. The Bertz CT molecular complexity index is 762. The number of aromatic nitrogens is 3. The quantitative estimate of drug-likeness (QED) is 0.712. The predicted octanol–water partition coefficient (Wildman–Crippen LogP) is 1.00. The molecule has 1 amide bonds. The second kappa shape index (κ2) is 4.09. The summed E-state index contributed by atoms with van der Waals surface area (Å²) in [6.07, 6.45) is 4.09. The molecule has 0 spiro atoms. The molecule has 6 nitrogen and oxygen atoms in total. The summed E-state index contributed by atoms with van der Waals surface area (Å²) in [6.45, 7) is 0. The van der Waals surface area contributed by atoms with E-state index in [1.807, 2.05) is 0 Å². The van der Waals surface area contributed by atoms with Gasteiger partial charge in [0.1, 0.15) is 5.75 Å². The van der Waals surface area contributed by atoms with Gasteiger partial charge in [0.05, 0.1) is 5.56 Å². The lowest BCUT2D eigenvalue weighted by Gasteiger charge is -2.08. The number of primary amides is 1. The van der Waals surface area contributed by atoms with E-state index >= 15 is 0 Å². The van der Waals surface area contributed by atoms with E-state index in [1.165, 1.54) is 16.6 Å². The Hall–Kier alpha value is -2.89. The molecule has 0 saturated carbocycles. The first-order chi connectivity index (χ1) is 9.16. The summed E-state index contributed by atoms with van der Waals surface area (Å²) >= 11 is 0. The third-order valence-corrected chi connectivity index (χ3v) is 2.82. The van der Waals surface area contributed by atoms with Crippen molar-refractivity contribution >= 4 is 11.6 Å². The molecule has 93 valence electrons. The zero-order valence-electron chi connectivity index (χ0n) is 9.74. The summed E-state index contributed by atoms with van der Waals surface area (Å²) in [7, 11) is 0. The summed E-state index contributed by atoms with van der Waals surface area (Å²) in [5.41, 5.74) is 7.51. The Kier molecular flexibility index (Phi) is 2.42. The van der Waals surface area contributed by atoms with Crippen molar-refractivity contribution in [1.29, 1.82) is 0 Å². The number of carbonyl (C=O) groups is 1. The molecule has 0 bridgehead atoms. The van der Waals surface area contributed by atoms with Gasteiger partial charge in [-0.25, -0.2) is 9.50 Å². The van der Waals surface area contributed by atoms with Crippen molar-refractivity contribution in [3.8, 4) is 16.9 Å². The fraction of sp³-hybridized carbons (Fsp3) is 0. The first-order valence-corrected chi connectivity index (χ1v) is 5.51. The molecule has 19 heavy (non-hydrogen) atoms. The number of benzene rings is 1. The number of hydrogen-bond acceptors (Lipinski definition) is 4. The molecule has 0 saturated heterocycles. The highest BCUT2D eigenvalue weighted by atomic mass is 16.3. The lowest BCUT2D eigenvalue weighted by molar-refractivity contribution is 0.100. The van der Waals surface area contributed by atoms with E-state index in [2.05, 4.69) is 16.4 Å². The molecule has 0 fully saturated rings. The third kappa shape index (κ3) is 1.79. The predicted molar refractivity (Wildman–Crippen MR) is 67.4 cm³/mol. The average Bonchev–Trinajstić information content (AvgIpc) is 2.86. The van der Waals surface area contributed by atoms with Gasteiger partial charge in [-0.1, -0.05) is 12.1 Å². The number of aromatic hydroxyl groups is 1. The average molecular weight is 253 g/mol. The second-order valence-electron chi connectivity index (χ2n) is 4.00. The van der Waals surface area contributed by atoms with E-state index in [9.17, 15) is 9.90 Å². The topological polar surface area (TPSA) is 93.5 Å². The zero-order chi connectivity index (χ0) is 13.4. The van der Waals surface area contributed by atoms with E-state index in [4.69, 9.17) is 5.73 Å². The number of rotatable bonds is 2. The van der Waals surface area contributed by atoms with Crippen LogP contribution >= 0.6 is 0 Å². The molecule has 3 aromatic rings. The van der Waals surface area contributed by atoms with Crippen LogP contribution < -0.4 is 5.73 Å². The third-order valence-electron chi connectivity index (χ3n) is 2.82. The molecule has 0 aliphatic carbocycles. The van der Waals surface area contributed by atoms with Gasteiger partial charge < -0.3 is 10.8 Å². The smallest absolute Gasteiger partial charge is 0.249 e. The maximum atomic E-state index is 11.5. The highest BCUT2D eigenvalue weighted by Gasteiger charge is 2.15. The molecule has 0 aliphatic heterocycles. The number of nitrogens with zero attached hydrogens (tertiary/aromatic N) is 3. The Balaban J connectivity index is 2.35. The number of amides is 1. The standard InChI is InChI=1S/C13H9N4O2/c14-12(19)10-5-6-17-13(15-7-16-17)11(10)8-1-3-9(18)4-2-8/h1-6,18H,(H2,14,19). The maximum absolute atomic E-state index is 11.5. The van der Waals surface area contributed by atoms with Gasteiger partial charge in [0, 0.05) is 11.8 Å². The minimum Gasteiger partial charge on any atom is -0.508 e. The summed E-state index contributed by atoms with van der Waals surface area (Å²) < 4.78 is 1.51. The zero-order valence-corrected chi connectivity index (χ0v) is 9.74. The summed E-state index contributed by atoms with van der Waals surface area (Å²) in [5, 5.41) is 13.2. The number of pyridine rings is 1. The van der Waals surface area contributed by atoms with Gasteiger partial charge in [0.25, 0.3) is 0 Å². The molecule has 1 radical (unpaired) electrons. The molecule has 2 heterocycles. The molecule has 2 aromatic heterocycles. The number of hydrogen-bond donors (Lipinski definition) is 2. The summed E-state index contributed by atoms with van der Waals surface area (Å²) in [4.78, 5) is 15.5. The largest absolute Gasteiger partial charge is 0.508 e. The van der Waals surface area contributed by atoms with E-state index in [0.29, 0.717) is 16.8 Å². The first-order valence-electron chi connectivity index (χ1n) is 5.51. The lowest BCUT2D eigenvalue weighted by atomic mass is 10.0. The van der Waals surface area contributed by atoms with Crippen molar-refractivity contribution in [1.82, 2.24) is 14.6 Å². The molecule has 1 aromatic carbocycles. The Morgan fingerprint density at radius 2 is 2.00 bits per heavy atom. The van der Waals surface area contributed by atoms with Crippen LogP contribution in [0.15, 0.2) is 36.5 Å². The second-order valence-corrected chi connectivity index (χ2v) is 4.00. The van der Waals surface area contributed by atoms with Crippen LogP contribution in [0.25, 0.3) is 16.8 Å². The van der Waals surface area contributed by atoms with Crippen LogP contribution in [0.3, 0.4) is 0 Å². The number of phenolic OH excluding ortho intramolecular Hbond substituents is 1. The normalized spacial score (nSPS) is 10.7. The Morgan fingerprint density at radius 1 is 1.26 bits per heavy atom. The van der Waals surface area contributed by atoms with Crippen molar-refractivity contribution in [3.05, 3.63) is 48.4 Å². The number of phenols is 1. The van der Waals surface area contributed by atoms with Crippen molar-refractivity contribution in [2.45, 2.75) is 0 Å². The Labute approximate surface area is 108 Å². The molecule has 0 unspecified atom stereocenters. The fourth-order valence-corrected chi connectivity index (χ4v) is 1.96. The lowest BCUT2D eigenvalue weighted by Crippen LogP contribution is -2.13. The van der Waals surface area contributed by atoms with Gasteiger partial charge in [0.15, 0.2) is 5.65 Å². The van der Waals surface area contributed by atoms with Crippen LogP contribution in [-0.2, 0) is 0 Å². The van der Waals surface area contributed by atoms with E-state index in [-0.39, 0.29) is 5.75 Å². The van der Waals surface area contributed by atoms with Crippen molar-refractivity contribution in [2.24, 2.45) is 5.73 Å². The minimum atomic E-state index is -0.548. The van der Waals surface area contributed by atoms with Crippen molar-refractivity contribution in [3.63, 3.8) is 0 Å². The summed E-state index contributed by atoms with van der Waals surface area (Å²) in [5.74, 6) is -0.405. The number of fused-ring (bicyclic) bond motifs is 1. The molecule has 3 N–H and O–H groups in total. The van der Waals surface area contributed by atoms with Crippen LogP contribution in [0.1, 0.15) is 10.4 Å². The summed E-state index contributed by atoms with van der Waals surface area (Å²) in [6, 6.07) is 8.02. The van der Waals surface area contributed by atoms with Crippen LogP contribution in [0.4, 0.5) is 0 Å². The van der Waals surface area contributed by atoms with Gasteiger partial charge in [-0.2, -0.15) is 0 Å². The Morgan fingerprint density at radius 3 is 2.68 bits per heavy atom. The van der Waals surface area contributed by atoms with Crippen LogP contribution in [0.2, 0.25) is 0 Å².